The second-order valence-corrected chi connectivity index (χ2v) is 5.79. The van der Waals surface area contributed by atoms with Gasteiger partial charge in [-0.05, 0) is 32.2 Å². The van der Waals surface area contributed by atoms with Crippen molar-refractivity contribution in [1.29, 1.82) is 0 Å². The van der Waals surface area contributed by atoms with Crippen LogP contribution in [0.4, 0.5) is 8.78 Å². The summed E-state index contributed by atoms with van der Waals surface area (Å²) in [4.78, 5) is 0. The van der Waals surface area contributed by atoms with E-state index in [2.05, 4.69) is 12.2 Å². The van der Waals surface area contributed by atoms with E-state index in [9.17, 15) is 8.78 Å². The lowest BCUT2D eigenvalue weighted by Gasteiger charge is -2.33. The van der Waals surface area contributed by atoms with Crippen LogP contribution >= 0.6 is 0 Å². The first-order chi connectivity index (χ1) is 8.59. The second kappa shape index (κ2) is 8.08. The summed E-state index contributed by atoms with van der Waals surface area (Å²) in [6.45, 7) is 2.22. The lowest BCUT2D eigenvalue weighted by Crippen LogP contribution is -2.38. The topological polar surface area (TPSA) is 12.0 Å². The molecule has 18 heavy (non-hydrogen) atoms. The Hall–Kier alpha value is -0.180. The summed E-state index contributed by atoms with van der Waals surface area (Å²) in [5.41, 5.74) is 0. The number of nitrogens with one attached hydrogen (secondary N) is 1. The van der Waals surface area contributed by atoms with Crippen LogP contribution in [0.25, 0.3) is 0 Å². The molecule has 0 radical (unpaired) electrons. The van der Waals surface area contributed by atoms with E-state index in [-0.39, 0.29) is 12.8 Å². The largest absolute Gasteiger partial charge is 0.317 e. The molecule has 1 nitrogen and oxygen atoms in total. The van der Waals surface area contributed by atoms with Crippen LogP contribution in [0.1, 0.15) is 71.1 Å². The smallest absolute Gasteiger partial charge is 0.248 e. The van der Waals surface area contributed by atoms with E-state index < -0.39 is 5.92 Å². The molecule has 1 fully saturated rings. The van der Waals surface area contributed by atoms with Crippen molar-refractivity contribution in [3.05, 3.63) is 0 Å². The highest BCUT2D eigenvalue weighted by molar-refractivity contribution is 4.84. The predicted octanol–water partition coefficient (Wildman–Crippen LogP) is 4.76. The number of alkyl halides is 2. The lowest BCUT2D eigenvalue weighted by molar-refractivity contribution is -0.0496. The fourth-order valence-corrected chi connectivity index (χ4v) is 3.05. The third kappa shape index (κ3) is 5.64. The fourth-order valence-electron chi connectivity index (χ4n) is 3.05. The highest BCUT2D eigenvalue weighted by Crippen LogP contribution is 2.38. The van der Waals surface area contributed by atoms with E-state index in [0.717, 1.165) is 6.42 Å². The molecule has 1 unspecified atom stereocenters. The van der Waals surface area contributed by atoms with Crippen LogP contribution in [0.2, 0.25) is 0 Å². The molecular weight excluding hydrogens is 232 g/mol. The van der Waals surface area contributed by atoms with E-state index in [4.69, 9.17) is 0 Å². The average Bonchev–Trinajstić information content (AvgIpc) is 2.35. The van der Waals surface area contributed by atoms with Gasteiger partial charge in [0.05, 0.1) is 0 Å². The SMILES string of the molecule is CCCCCCCC(NC)C1CCC(F)(F)CC1. The third-order valence-corrected chi connectivity index (χ3v) is 4.32. The summed E-state index contributed by atoms with van der Waals surface area (Å²) >= 11 is 0. The van der Waals surface area contributed by atoms with Crippen molar-refractivity contribution in [1.82, 2.24) is 5.32 Å². The Balaban J connectivity index is 2.20. The number of hydrogen-bond acceptors (Lipinski definition) is 1. The number of unbranched alkanes of at least 4 members (excludes halogenated alkanes) is 4. The van der Waals surface area contributed by atoms with Crippen LogP contribution in [0.5, 0.6) is 0 Å². The molecular formula is C15H29F2N. The van der Waals surface area contributed by atoms with Crippen LogP contribution in [0.15, 0.2) is 0 Å². The van der Waals surface area contributed by atoms with Gasteiger partial charge >= 0.3 is 0 Å². The molecule has 108 valence electrons. The molecule has 0 heterocycles. The summed E-state index contributed by atoms with van der Waals surface area (Å²) in [5.74, 6) is -1.93. The summed E-state index contributed by atoms with van der Waals surface area (Å²) in [5, 5.41) is 3.35. The van der Waals surface area contributed by atoms with Gasteiger partial charge in [0, 0.05) is 18.9 Å². The van der Waals surface area contributed by atoms with Gasteiger partial charge in [0.1, 0.15) is 0 Å². The highest BCUT2D eigenvalue weighted by atomic mass is 19.3. The van der Waals surface area contributed by atoms with Gasteiger partial charge < -0.3 is 5.32 Å². The standard InChI is InChI=1S/C15H29F2N/c1-3-4-5-6-7-8-14(18-2)13-9-11-15(16,17)12-10-13/h13-14,18H,3-12H2,1-2H3. The van der Waals surface area contributed by atoms with Crippen LogP contribution in [-0.4, -0.2) is 19.0 Å². The number of rotatable bonds is 8. The zero-order valence-electron chi connectivity index (χ0n) is 12.0. The van der Waals surface area contributed by atoms with E-state index in [0.29, 0.717) is 24.8 Å². The monoisotopic (exact) mass is 261 g/mol. The molecule has 0 aromatic heterocycles. The van der Waals surface area contributed by atoms with Gasteiger partial charge in [0.25, 0.3) is 0 Å². The fraction of sp³-hybridized carbons (Fsp3) is 1.00. The van der Waals surface area contributed by atoms with E-state index in [1.165, 1.54) is 32.1 Å². The first-order valence-corrected chi connectivity index (χ1v) is 7.64. The molecule has 1 rings (SSSR count). The summed E-state index contributed by atoms with van der Waals surface area (Å²) in [6.07, 6.45) is 9.13. The predicted molar refractivity (Wildman–Crippen MR) is 73.1 cm³/mol. The van der Waals surface area contributed by atoms with E-state index >= 15 is 0 Å². The molecule has 3 heteroatoms. The Morgan fingerprint density at radius 2 is 1.72 bits per heavy atom. The maximum Gasteiger partial charge on any atom is 0.248 e. The van der Waals surface area contributed by atoms with Gasteiger partial charge in [-0.25, -0.2) is 8.78 Å². The normalized spacial score (nSPS) is 22.0. The molecule has 0 bridgehead atoms. The maximum atomic E-state index is 13.1. The average molecular weight is 261 g/mol. The summed E-state index contributed by atoms with van der Waals surface area (Å²) in [6, 6.07) is 0.447. The Kier molecular flexibility index (Phi) is 7.13. The van der Waals surface area contributed by atoms with E-state index in [1.54, 1.807) is 0 Å². The zero-order chi connectivity index (χ0) is 13.4. The zero-order valence-corrected chi connectivity index (χ0v) is 12.0. The molecule has 0 aliphatic heterocycles. The minimum atomic E-state index is -2.39. The van der Waals surface area contributed by atoms with Gasteiger partial charge in [-0.1, -0.05) is 39.0 Å². The van der Waals surface area contributed by atoms with Gasteiger partial charge in [0.15, 0.2) is 0 Å². The quantitative estimate of drug-likeness (QED) is 0.621. The minimum Gasteiger partial charge on any atom is -0.317 e. The van der Waals surface area contributed by atoms with Crippen molar-refractivity contribution in [3.8, 4) is 0 Å². The van der Waals surface area contributed by atoms with Crippen molar-refractivity contribution in [2.75, 3.05) is 7.05 Å². The molecule has 1 aliphatic carbocycles. The van der Waals surface area contributed by atoms with Crippen LogP contribution in [-0.2, 0) is 0 Å². The Labute approximate surface area is 111 Å². The number of hydrogen-bond donors (Lipinski definition) is 1. The van der Waals surface area contributed by atoms with Crippen molar-refractivity contribution >= 4 is 0 Å². The molecule has 0 spiro atoms. The molecule has 1 atom stereocenters. The second-order valence-electron chi connectivity index (χ2n) is 5.79. The van der Waals surface area contributed by atoms with E-state index in [1.807, 2.05) is 7.05 Å². The van der Waals surface area contributed by atoms with Gasteiger partial charge in [-0.15, -0.1) is 0 Å². The van der Waals surface area contributed by atoms with Crippen molar-refractivity contribution in [3.63, 3.8) is 0 Å². The maximum absolute atomic E-state index is 13.1. The molecule has 0 aromatic rings. The van der Waals surface area contributed by atoms with Crippen LogP contribution in [0, 0.1) is 5.92 Å². The highest BCUT2D eigenvalue weighted by Gasteiger charge is 2.36. The van der Waals surface area contributed by atoms with Crippen LogP contribution in [0.3, 0.4) is 0 Å². The lowest BCUT2D eigenvalue weighted by atomic mass is 9.80. The number of halogens is 2. The van der Waals surface area contributed by atoms with Gasteiger partial charge in [-0.3, -0.25) is 0 Å². The first-order valence-electron chi connectivity index (χ1n) is 7.64. The molecule has 0 amide bonds. The van der Waals surface area contributed by atoms with Crippen molar-refractivity contribution in [2.24, 2.45) is 5.92 Å². The molecule has 1 saturated carbocycles. The third-order valence-electron chi connectivity index (χ3n) is 4.32. The Morgan fingerprint density at radius 1 is 1.11 bits per heavy atom. The molecule has 1 aliphatic rings. The van der Waals surface area contributed by atoms with Gasteiger partial charge in [0.2, 0.25) is 5.92 Å². The summed E-state index contributed by atoms with van der Waals surface area (Å²) in [7, 11) is 1.98. The van der Waals surface area contributed by atoms with Crippen LogP contribution < -0.4 is 5.32 Å². The molecule has 1 N–H and O–H groups in total. The van der Waals surface area contributed by atoms with Gasteiger partial charge in [-0.2, -0.15) is 0 Å². The minimum absolute atomic E-state index is 0.0890. The molecule has 0 saturated heterocycles. The Bertz CT molecular complexity index is 209. The first kappa shape index (κ1) is 15.9. The van der Waals surface area contributed by atoms with Crippen molar-refractivity contribution in [2.45, 2.75) is 83.1 Å². The Morgan fingerprint density at radius 3 is 2.28 bits per heavy atom. The molecule has 0 aromatic carbocycles. The summed E-state index contributed by atoms with van der Waals surface area (Å²) < 4.78 is 26.2. The van der Waals surface area contributed by atoms with Crippen molar-refractivity contribution < 1.29 is 8.78 Å².